The lowest BCUT2D eigenvalue weighted by Gasteiger charge is -1.99. The molecule has 0 unspecified atom stereocenters. The second-order valence-electron chi connectivity index (χ2n) is 4.08. The smallest absolute Gasteiger partial charge is 0.183 e. The number of aromatic nitrogens is 2. The van der Waals surface area contributed by atoms with Crippen molar-refractivity contribution in [2.24, 2.45) is 7.05 Å². The molecular weight excluding hydrogens is 264 g/mol. The largest absolute Gasteiger partial charge is 0.292 e. The number of hydrogen-bond donors (Lipinski definition) is 0. The monoisotopic (exact) mass is 280 g/mol. The molecule has 0 aliphatic carbocycles. The predicted molar refractivity (Wildman–Crippen MR) is 76.7 cm³/mol. The molecule has 0 amide bonds. The summed E-state index contributed by atoms with van der Waals surface area (Å²) in [5, 5.41) is 5.30. The summed E-state index contributed by atoms with van der Waals surface area (Å²) in [6.07, 6.45) is 0.992. The van der Waals surface area contributed by atoms with Gasteiger partial charge in [0.25, 0.3) is 0 Å². The summed E-state index contributed by atoms with van der Waals surface area (Å²) in [5.74, 6) is 0.673. The van der Waals surface area contributed by atoms with E-state index in [1.54, 1.807) is 23.1 Å². The molecule has 3 nitrogen and oxygen atoms in total. The van der Waals surface area contributed by atoms with Crippen molar-refractivity contribution in [3.05, 3.63) is 33.6 Å². The van der Waals surface area contributed by atoms with Crippen LogP contribution in [0.25, 0.3) is 0 Å². The fourth-order valence-electron chi connectivity index (χ4n) is 1.65. The average molecular weight is 280 g/mol. The van der Waals surface area contributed by atoms with E-state index in [-0.39, 0.29) is 5.78 Å². The van der Waals surface area contributed by atoms with Gasteiger partial charge in [0, 0.05) is 11.9 Å². The number of rotatable bonds is 5. The molecule has 0 aliphatic heterocycles. The van der Waals surface area contributed by atoms with E-state index in [0.29, 0.717) is 5.75 Å². The molecule has 0 bridgehead atoms. The Morgan fingerprint density at radius 1 is 1.50 bits per heavy atom. The number of Topliss-reactive ketones (excluding diaryl/α,β-unsaturated/α-hetero) is 1. The maximum atomic E-state index is 12.0. The number of thiophene rings is 1. The summed E-state index contributed by atoms with van der Waals surface area (Å²) in [6, 6.07) is 5.97. The van der Waals surface area contributed by atoms with Crippen molar-refractivity contribution < 1.29 is 4.79 Å². The van der Waals surface area contributed by atoms with Gasteiger partial charge in [0.05, 0.1) is 21.3 Å². The van der Waals surface area contributed by atoms with Crippen molar-refractivity contribution in [3.8, 4) is 0 Å². The summed E-state index contributed by atoms with van der Waals surface area (Å²) < 4.78 is 1.82. The van der Waals surface area contributed by atoms with Crippen molar-refractivity contribution in [1.82, 2.24) is 9.78 Å². The summed E-state index contributed by atoms with van der Waals surface area (Å²) in [4.78, 5) is 14.1. The summed E-state index contributed by atoms with van der Waals surface area (Å²) >= 11 is 3.15. The van der Waals surface area contributed by atoms with Gasteiger partial charge in [0.2, 0.25) is 0 Å². The molecule has 2 aromatic heterocycles. The van der Waals surface area contributed by atoms with E-state index in [1.165, 1.54) is 4.88 Å². The van der Waals surface area contributed by atoms with E-state index in [0.717, 1.165) is 22.0 Å². The van der Waals surface area contributed by atoms with E-state index in [9.17, 15) is 4.79 Å². The SMILES string of the molecule is CCc1ccc(C(=O)CSc2cc(C)nn2C)s1. The van der Waals surface area contributed by atoms with E-state index in [4.69, 9.17) is 0 Å². The Labute approximate surface area is 115 Å². The topological polar surface area (TPSA) is 34.9 Å². The zero-order valence-electron chi connectivity index (χ0n) is 10.8. The average Bonchev–Trinajstić information content (AvgIpc) is 2.93. The molecule has 5 heteroatoms. The highest BCUT2D eigenvalue weighted by atomic mass is 32.2. The number of thioether (sulfide) groups is 1. The van der Waals surface area contributed by atoms with Crippen LogP contribution in [0, 0.1) is 6.92 Å². The standard InChI is InChI=1S/C13H16N2OS2/c1-4-10-5-6-12(18-10)11(16)8-17-13-7-9(2)14-15(13)3/h5-7H,4,8H2,1-3H3. The lowest BCUT2D eigenvalue weighted by Crippen LogP contribution is -2.01. The van der Waals surface area contributed by atoms with Crippen LogP contribution in [-0.2, 0) is 13.5 Å². The van der Waals surface area contributed by atoms with Gasteiger partial charge in [-0.15, -0.1) is 11.3 Å². The fourth-order valence-corrected chi connectivity index (χ4v) is 3.54. The Morgan fingerprint density at radius 2 is 2.28 bits per heavy atom. The minimum Gasteiger partial charge on any atom is -0.292 e. The molecule has 0 fully saturated rings. The van der Waals surface area contributed by atoms with Crippen LogP contribution in [0.5, 0.6) is 0 Å². The van der Waals surface area contributed by atoms with Gasteiger partial charge >= 0.3 is 0 Å². The highest BCUT2D eigenvalue weighted by Gasteiger charge is 2.11. The lowest BCUT2D eigenvalue weighted by atomic mass is 10.3. The molecule has 18 heavy (non-hydrogen) atoms. The fraction of sp³-hybridized carbons (Fsp3) is 0.385. The van der Waals surface area contributed by atoms with Crippen LogP contribution < -0.4 is 0 Å². The van der Waals surface area contributed by atoms with E-state index < -0.39 is 0 Å². The first-order valence-electron chi connectivity index (χ1n) is 5.85. The molecule has 2 rings (SSSR count). The molecule has 0 spiro atoms. The van der Waals surface area contributed by atoms with E-state index in [1.807, 2.05) is 36.9 Å². The van der Waals surface area contributed by atoms with Crippen LogP contribution >= 0.6 is 23.1 Å². The Kier molecular flexibility index (Phi) is 4.24. The molecule has 2 aromatic rings. The number of nitrogens with zero attached hydrogens (tertiary/aromatic N) is 2. The third-order valence-corrected chi connectivity index (χ3v) is 4.95. The summed E-state index contributed by atoms with van der Waals surface area (Å²) in [5.41, 5.74) is 0.983. The number of aryl methyl sites for hydroxylation is 3. The maximum Gasteiger partial charge on any atom is 0.183 e. The van der Waals surface area contributed by atoms with Gasteiger partial charge in [-0.25, -0.2) is 0 Å². The minimum atomic E-state index is 0.198. The predicted octanol–water partition coefficient (Wildman–Crippen LogP) is 3.33. The van der Waals surface area contributed by atoms with E-state index in [2.05, 4.69) is 12.0 Å². The second-order valence-corrected chi connectivity index (χ2v) is 6.24. The van der Waals surface area contributed by atoms with Gasteiger partial charge in [-0.05, 0) is 31.5 Å². The highest BCUT2D eigenvalue weighted by molar-refractivity contribution is 8.00. The molecule has 0 atom stereocenters. The molecule has 2 heterocycles. The summed E-state index contributed by atoms with van der Waals surface area (Å²) in [7, 11) is 1.90. The lowest BCUT2D eigenvalue weighted by molar-refractivity contribution is 0.102. The molecular formula is C13H16N2OS2. The molecule has 0 radical (unpaired) electrons. The van der Waals surface area contributed by atoms with Crippen LogP contribution in [0.3, 0.4) is 0 Å². The molecule has 96 valence electrons. The Bertz CT molecular complexity index is 557. The zero-order valence-corrected chi connectivity index (χ0v) is 12.4. The Hall–Kier alpha value is -1.07. The number of ketones is 1. The zero-order chi connectivity index (χ0) is 13.1. The van der Waals surface area contributed by atoms with Gasteiger partial charge in [0.1, 0.15) is 0 Å². The maximum absolute atomic E-state index is 12.0. The van der Waals surface area contributed by atoms with Crippen molar-refractivity contribution in [1.29, 1.82) is 0 Å². The van der Waals surface area contributed by atoms with Gasteiger partial charge in [-0.3, -0.25) is 9.48 Å². The van der Waals surface area contributed by atoms with Crippen LogP contribution in [-0.4, -0.2) is 21.3 Å². The second kappa shape index (κ2) is 5.71. The molecule has 0 saturated carbocycles. The van der Waals surface area contributed by atoms with Crippen LogP contribution in [0.1, 0.15) is 27.2 Å². The number of hydrogen-bond acceptors (Lipinski definition) is 4. The van der Waals surface area contributed by atoms with Gasteiger partial charge < -0.3 is 0 Å². The highest BCUT2D eigenvalue weighted by Crippen LogP contribution is 2.23. The minimum absolute atomic E-state index is 0.198. The Morgan fingerprint density at radius 3 is 2.83 bits per heavy atom. The summed E-state index contributed by atoms with van der Waals surface area (Å²) in [6.45, 7) is 4.06. The molecule has 0 aliphatic rings. The van der Waals surface area contributed by atoms with Crippen LogP contribution in [0.2, 0.25) is 0 Å². The number of carbonyl (C=O) groups excluding carboxylic acids is 1. The molecule has 0 aromatic carbocycles. The number of carbonyl (C=O) groups is 1. The first-order valence-corrected chi connectivity index (χ1v) is 7.65. The van der Waals surface area contributed by atoms with Crippen molar-refractivity contribution in [2.45, 2.75) is 25.3 Å². The molecule has 0 N–H and O–H groups in total. The van der Waals surface area contributed by atoms with Crippen LogP contribution in [0.4, 0.5) is 0 Å². The van der Waals surface area contributed by atoms with Crippen molar-refractivity contribution >= 4 is 28.9 Å². The third kappa shape index (κ3) is 3.03. The quantitative estimate of drug-likeness (QED) is 0.622. The molecule has 0 saturated heterocycles. The van der Waals surface area contributed by atoms with Gasteiger partial charge in [-0.1, -0.05) is 18.7 Å². The Balaban J connectivity index is 1.98. The first kappa shape index (κ1) is 13.4. The van der Waals surface area contributed by atoms with Crippen molar-refractivity contribution in [2.75, 3.05) is 5.75 Å². The first-order chi connectivity index (χ1) is 8.60. The van der Waals surface area contributed by atoms with Gasteiger partial charge in [-0.2, -0.15) is 5.10 Å². The normalized spacial score (nSPS) is 10.8. The third-order valence-electron chi connectivity index (χ3n) is 2.60. The van der Waals surface area contributed by atoms with E-state index >= 15 is 0 Å². The van der Waals surface area contributed by atoms with Crippen molar-refractivity contribution in [3.63, 3.8) is 0 Å². The van der Waals surface area contributed by atoms with Crippen LogP contribution in [0.15, 0.2) is 23.2 Å². The van der Waals surface area contributed by atoms with Gasteiger partial charge in [0.15, 0.2) is 5.78 Å².